The van der Waals surface area contributed by atoms with E-state index in [1.54, 1.807) is 11.3 Å². The number of carbonyl (C=O) groups is 1. The molecule has 1 aliphatic carbocycles. The van der Waals surface area contributed by atoms with Crippen LogP contribution < -0.4 is 11.1 Å². The monoisotopic (exact) mass is 280 g/mol. The number of hydrogen-bond donors (Lipinski definition) is 2. The molecule has 1 aromatic rings. The van der Waals surface area contributed by atoms with Crippen LogP contribution in [0.2, 0.25) is 0 Å². The minimum atomic E-state index is 0.199. The third-order valence-electron chi connectivity index (χ3n) is 4.20. The lowest BCUT2D eigenvalue weighted by atomic mass is 9.81. The molecule has 0 unspecified atom stereocenters. The second-order valence-corrected chi connectivity index (χ2v) is 6.96. The first-order valence-corrected chi connectivity index (χ1v) is 7.95. The molecule has 1 aliphatic rings. The number of rotatable bonds is 4. The quantitative estimate of drug-likeness (QED) is 0.891. The smallest absolute Gasteiger partial charge is 0.223 e. The highest BCUT2D eigenvalue weighted by atomic mass is 32.1. The molecule has 1 aromatic heterocycles. The van der Waals surface area contributed by atoms with Gasteiger partial charge in [-0.15, -0.1) is 11.3 Å². The van der Waals surface area contributed by atoms with E-state index >= 15 is 0 Å². The highest BCUT2D eigenvalue weighted by Crippen LogP contribution is 2.28. The van der Waals surface area contributed by atoms with Gasteiger partial charge in [-0.3, -0.25) is 4.79 Å². The van der Waals surface area contributed by atoms with Crippen molar-refractivity contribution in [3.8, 4) is 0 Å². The Bertz CT molecular complexity index is 414. The molecule has 1 amide bonds. The van der Waals surface area contributed by atoms with Crippen molar-refractivity contribution in [3.05, 3.63) is 21.4 Å². The molecule has 1 fully saturated rings. The molecule has 0 aromatic carbocycles. The summed E-state index contributed by atoms with van der Waals surface area (Å²) >= 11 is 1.78. The van der Waals surface area contributed by atoms with Crippen molar-refractivity contribution in [1.82, 2.24) is 5.32 Å². The molecule has 3 N–H and O–H groups in total. The van der Waals surface area contributed by atoms with Crippen LogP contribution >= 0.6 is 11.3 Å². The van der Waals surface area contributed by atoms with E-state index in [0.29, 0.717) is 12.5 Å². The van der Waals surface area contributed by atoms with Crippen molar-refractivity contribution in [3.63, 3.8) is 0 Å². The van der Waals surface area contributed by atoms with E-state index in [4.69, 9.17) is 5.73 Å². The molecule has 0 saturated heterocycles. The standard InChI is InChI=1S/C15H24N2OS/c1-10-7-14(19-11(10)2)9-17-15(18)13-5-3-12(8-16)4-6-13/h7,12-13H,3-6,8-9,16H2,1-2H3,(H,17,18). The zero-order chi connectivity index (χ0) is 13.8. The molecule has 2 rings (SSSR count). The van der Waals surface area contributed by atoms with Gasteiger partial charge >= 0.3 is 0 Å². The molecule has 0 aliphatic heterocycles. The van der Waals surface area contributed by atoms with Crippen LogP contribution in [0.25, 0.3) is 0 Å². The van der Waals surface area contributed by atoms with E-state index < -0.39 is 0 Å². The zero-order valence-electron chi connectivity index (χ0n) is 11.9. The van der Waals surface area contributed by atoms with Crippen LogP contribution in [0.3, 0.4) is 0 Å². The van der Waals surface area contributed by atoms with Gasteiger partial charge < -0.3 is 11.1 Å². The third kappa shape index (κ3) is 3.80. The van der Waals surface area contributed by atoms with E-state index in [-0.39, 0.29) is 11.8 Å². The number of carbonyl (C=O) groups excluding carboxylic acids is 1. The molecule has 0 bridgehead atoms. The van der Waals surface area contributed by atoms with Crippen molar-refractivity contribution in [1.29, 1.82) is 0 Å². The lowest BCUT2D eigenvalue weighted by molar-refractivity contribution is -0.126. The number of thiophene rings is 1. The fourth-order valence-electron chi connectivity index (χ4n) is 2.72. The zero-order valence-corrected chi connectivity index (χ0v) is 12.7. The van der Waals surface area contributed by atoms with Gasteiger partial charge in [0.1, 0.15) is 0 Å². The molecule has 19 heavy (non-hydrogen) atoms. The minimum Gasteiger partial charge on any atom is -0.351 e. The molecule has 0 spiro atoms. The Balaban J connectivity index is 1.78. The van der Waals surface area contributed by atoms with Gasteiger partial charge in [0.05, 0.1) is 6.54 Å². The van der Waals surface area contributed by atoms with E-state index in [1.807, 2.05) is 0 Å². The lowest BCUT2D eigenvalue weighted by Gasteiger charge is -2.26. The van der Waals surface area contributed by atoms with Crippen molar-refractivity contribution in [2.24, 2.45) is 17.6 Å². The summed E-state index contributed by atoms with van der Waals surface area (Å²) in [4.78, 5) is 14.7. The average molecular weight is 280 g/mol. The Labute approximate surface area is 119 Å². The first-order valence-electron chi connectivity index (χ1n) is 7.13. The predicted octanol–water partition coefficient (Wildman–Crippen LogP) is 2.75. The SMILES string of the molecule is Cc1cc(CNC(=O)C2CCC(CN)CC2)sc1C. The van der Waals surface area contributed by atoms with Crippen molar-refractivity contribution in [2.45, 2.75) is 46.1 Å². The molecule has 0 atom stereocenters. The van der Waals surface area contributed by atoms with Crippen LogP contribution in [0.4, 0.5) is 0 Å². The molecular weight excluding hydrogens is 256 g/mol. The van der Waals surface area contributed by atoms with Gasteiger partial charge in [0.25, 0.3) is 0 Å². The average Bonchev–Trinajstić information content (AvgIpc) is 2.75. The summed E-state index contributed by atoms with van der Waals surface area (Å²) in [5.41, 5.74) is 6.99. The fourth-order valence-corrected chi connectivity index (χ4v) is 3.71. The van der Waals surface area contributed by atoms with Gasteiger partial charge in [-0.2, -0.15) is 0 Å². The van der Waals surface area contributed by atoms with Crippen molar-refractivity contribution < 1.29 is 4.79 Å². The summed E-state index contributed by atoms with van der Waals surface area (Å²) in [6.07, 6.45) is 4.20. The molecule has 1 saturated carbocycles. The molecule has 3 nitrogen and oxygen atoms in total. The highest BCUT2D eigenvalue weighted by molar-refractivity contribution is 7.12. The van der Waals surface area contributed by atoms with Crippen LogP contribution in [-0.4, -0.2) is 12.5 Å². The fraction of sp³-hybridized carbons (Fsp3) is 0.667. The van der Waals surface area contributed by atoms with E-state index in [1.165, 1.54) is 15.3 Å². The Morgan fingerprint density at radius 3 is 2.58 bits per heavy atom. The summed E-state index contributed by atoms with van der Waals surface area (Å²) < 4.78 is 0. The van der Waals surface area contributed by atoms with Crippen LogP contribution in [0, 0.1) is 25.7 Å². The maximum absolute atomic E-state index is 12.1. The topological polar surface area (TPSA) is 55.1 Å². The number of aryl methyl sites for hydroxylation is 2. The Kier molecular flexibility index (Phi) is 4.99. The molecule has 4 heteroatoms. The Hall–Kier alpha value is -0.870. The number of nitrogens with two attached hydrogens (primary N) is 1. The second kappa shape index (κ2) is 6.53. The van der Waals surface area contributed by atoms with Gasteiger partial charge in [0, 0.05) is 15.7 Å². The van der Waals surface area contributed by atoms with Crippen LogP contribution in [0.1, 0.15) is 41.0 Å². The molecular formula is C15H24N2OS. The summed E-state index contributed by atoms with van der Waals surface area (Å²) in [5, 5.41) is 3.08. The van der Waals surface area contributed by atoms with Gasteiger partial charge in [0.15, 0.2) is 0 Å². The van der Waals surface area contributed by atoms with E-state index in [2.05, 4.69) is 25.2 Å². The number of amides is 1. The summed E-state index contributed by atoms with van der Waals surface area (Å²) in [6, 6.07) is 2.17. The molecule has 106 valence electrons. The normalized spacial score (nSPS) is 23.3. The predicted molar refractivity (Wildman–Crippen MR) is 80.1 cm³/mol. The first kappa shape index (κ1) is 14.5. The highest BCUT2D eigenvalue weighted by Gasteiger charge is 2.25. The third-order valence-corrected chi connectivity index (χ3v) is 5.36. The molecule has 1 heterocycles. The minimum absolute atomic E-state index is 0.199. The summed E-state index contributed by atoms with van der Waals surface area (Å²) in [6.45, 7) is 5.68. The van der Waals surface area contributed by atoms with Crippen LogP contribution in [0.5, 0.6) is 0 Å². The largest absolute Gasteiger partial charge is 0.351 e. The van der Waals surface area contributed by atoms with E-state index in [0.717, 1.165) is 32.2 Å². The Morgan fingerprint density at radius 2 is 2.05 bits per heavy atom. The first-order chi connectivity index (χ1) is 9.10. The maximum atomic E-state index is 12.1. The van der Waals surface area contributed by atoms with Gasteiger partial charge in [-0.1, -0.05) is 0 Å². The van der Waals surface area contributed by atoms with Crippen LogP contribution in [-0.2, 0) is 11.3 Å². The summed E-state index contributed by atoms with van der Waals surface area (Å²) in [7, 11) is 0. The number of hydrogen-bond acceptors (Lipinski definition) is 3. The van der Waals surface area contributed by atoms with Crippen molar-refractivity contribution >= 4 is 17.2 Å². The van der Waals surface area contributed by atoms with Gasteiger partial charge in [-0.25, -0.2) is 0 Å². The van der Waals surface area contributed by atoms with Gasteiger partial charge in [-0.05, 0) is 63.6 Å². The Morgan fingerprint density at radius 1 is 1.37 bits per heavy atom. The van der Waals surface area contributed by atoms with Crippen LogP contribution in [0.15, 0.2) is 6.07 Å². The molecule has 0 radical (unpaired) electrons. The van der Waals surface area contributed by atoms with Gasteiger partial charge in [0.2, 0.25) is 5.91 Å². The summed E-state index contributed by atoms with van der Waals surface area (Å²) in [5.74, 6) is 1.05. The lowest BCUT2D eigenvalue weighted by Crippen LogP contribution is -2.33. The maximum Gasteiger partial charge on any atom is 0.223 e. The van der Waals surface area contributed by atoms with E-state index in [9.17, 15) is 4.79 Å². The van der Waals surface area contributed by atoms with Crippen molar-refractivity contribution in [2.75, 3.05) is 6.54 Å². The second-order valence-electron chi connectivity index (χ2n) is 5.62. The number of nitrogens with one attached hydrogen (secondary N) is 1.